The van der Waals surface area contributed by atoms with E-state index in [2.05, 4.69) is 6.92 Å². The molecule has 0 saturated heterocycles. The van der Waals surface area contributed by atoms with E-state index in [1.165, 1.54) is 5.57 Å². The fraction of sp³-hybridized carbons (Fsp3) is 0.818. The highest BCUT2D eigenvalue weighted by Gasteiger charge is 2.73. The lowest BCUT2D eigenvalue weighted by Gasteiger charge is -2.66. The first kappa shape index (κ1) is 17.1. The van der Waals surface area contributed by atoms with E-state index in [-0.39, 0.29) is 40.3 Å². The molecule has 0 bridgehead atoms. The average Bonchev–Trinajstić information content (AvgIpc) is 2.83. The van der Waals surface area contributed by atoms with Crippen molar-refractivity contribution in [2.75, 3.05) is 6.61 Å². The zero-order chi connectivity index (χ0) is 18.3. The van der Waals surface area contributed by atoms with Gasteiger partial charge in [-0.05, 0) is 86.0 Å². The average molecular weight is 358 g/mol. The van der Waals surface area contributed by atoms with Crippen LogP contribution in [-0.4, -0.2) is 34.5 Å². The van der Waals surface area contributed by atoms with Gasteiger partial charge in [0, 0.05) is 11.8 Å². The van der Waals surface area contributed by atoms with Crippen molar-refractivity contribution in [3.63, 3.8) is 0 Å². The highest BCUT2D eigenvalue weighted by atomic mass is 16.3. The Balaban J connectivity index is 1.54. The van der Waals surface area contributed by atoms with E-state index in [0.717, 1.165) is 44.9 Å². The fourth-order valence-electron chi connectivity index (χ4n) is 8.47. The molecule has 4 fully saturated rings. The van der Waals surface area contributed by atoms with Crippen molar-refractivity contribution in [2.45, 2.75) is 70.8 Å². The van der Waals surface area contributed by atoms with Crippen LogP contribution in [0.4, 0.5) is 0 Å². The molecule has 1 spiro atoms. The number of carbonyl (C=O) groups excluding carboxylic acids is 2. The number of ketones is 2. The van der Waals surface area contributed by atoms with Gasteiger partial charge in [0.2, 0.25) is 0 Å². The first-order chi connectivity index (χ1) is 12.4. The summed E-state index contributed by atoms with van der Waals surface area (Å²) in [5.41, 5.74) is 0.760. The maximum Gasteiger partial charge on any atom is 0.164 e. The monoisotopic (exact) mass is 358 g/mol. The quantitative estimate of drug-likeness (QED) is 0.796. The van der Waals surface area contributed by atoms with Crippen molar-refractivity contribution >= 4 is 11.6 Å². The van der Waals surface area contributed by atoms with Gasteiger partial charge in [0.05, 0.1) is 6.10 Å². The molecule has 1 unspecified atom stereocenters. The molecule has 5 aliphatic rings. The van der Waals surface area contributed by atoms with E-state index in [1.807, 2.05) is 6.08 Å². The Hall–Kier alpha value is -1.00. The predicted octanol–water partition coefficient (Wildman–Crippen LogP) is 2.81. The van der Waals surface area contributed by atoms with E-state index >= 15 is 0 Å². The third-order valence-electron chi connectivity index (χ3n) is 9.63. The van der Waals surface area contributed by atoms with Gasteiger partial charge < -0.3 is 10.2 Å². The van der Waals surface area contributed by atoms with Gasteiger partial charge in [0.1, 0.15) is 6.61 Å². The van der Waals surface area contributed by atoms with Gasteiger partial charge in [-0.2, -0.15) is 0 Å². The largest absolute Gasteiger partial charge is 0.393 e. The van der Waals surface area contributed by atoms with Crippen molar-refractivity contribution in [1.82, 2.24) is 0 Å². The van der Waals surface area contributed by atoms with Crippen LogP contribution in [0.1, 0.15) is 64.7 Å². The molecule has 0 aromatic heterocycles. The molecule has 4 heteroatoms. The van der Waals surface area contributed by atoms with Crippen LogP contribution in [0.15, 0.2) is 11.6 Å². The fourth-order valence-corrected chi connectivity index (χ4v) is 8.47. The number of carbonyl (C=O) groups is 2. The third kappa shape index (κ3) is 1.78. The maximum atomic E-state index is 12.7. The van der Waals surface area contributed by atoms with Crippen molar-refractivity contribution in [1.29, 1.82) is 0 Å². The summed E-state index contributed by atoms with van der Waals surface area (Å²) in [5, 5.41) is 20.9. The van der Waals surface area contributed by atoms with Gasteiger partial charge >= 0.3 is 0 Å². The number of hydrogen-bond acceptors (Lipinski definition) is 4. The zero-order valence-electron chi connectivity index (χ0n) is 15.7. The summed E-state index contributed by atoms with van der Waals surface area (Å²) in [6.45, 7) is 1.91. The van der Waals surface area contributed by atoms with E-state index in [0.29, 0.717) is 24.7 Å². The normalized spacial score (nSPS) is 52.1. The van der Waals surface area contributed by atoms with Crippen LogP contribution < -0.4 is 0 Å². The number of fused-ring (bicyclic) bond motifs is 4. The van der Waals surface area contributed by atoms with E-state index in [4.69, 9.17) is 0 Å². The molecular formula is C22H30O4. The number of Topliss-reactive ketones (excluding diaryl/α,β-unsaturated/α-hetero) is 1. The number of aliphatic hydroxyl groups is 2. The minimum Gasteiger partial charge on any atom is -0.393 e. The molecule has 0 aromatic carbocycles. The molecule has 0 aromatic rings. The second-order valence-electron chi connectivity index (χ2n) is 10.0. The van der Waals surface area contributed by atoms with E-state index in [1.54, 1.807) is 0 Å². The van der Waals surface area contributed by atoms with Gasteiger partial charge in [-0.15, -0.1) is 0 Å². The lowest BCUT2D eigenvalue weighted by atomic mass is 9.38. The summed E-state index contributed by atoms with van der Waals surface area (Å²) in [7, 11) is 0. The number of aliphatic hydroxyl groups excluding tert-OH is 2. The number of rotatable bonds is 2. The van der Waals surface area contributed by atoms with Crippen molar-refractivity contribution in [3.8, 4) is 0 Å². The molecule has 142 valence electrons. The van der Waals surface area contributed by atoms with Crippen molar-refractivity contribution in [2.24, 2.45) is 34.0 Å². The summed E-state index contributed by atoms with van der Waals surface area (Å²) >= 11 is 0. The molecule has 4 nitrogen and oxygen atoms in total. The Bertz CT molecular complexity index is 711. The molecule has 4 saturated carbocycles. The summed E-state index contributed by atoms with van der Waals surface area (Å²) in [4.78, 5) is 24.6. The van der Waals surface area contributed by atoms with Crippen LogP contribution in [0.3, 0.4) is 0 Å². The van der Waals surface area contributed by atoms with E-state index in [9.17, 15) is 19.8 Å². The lowest BCUT2D eigenvalue weighted by Crippen LogP contribution is -2.64. The Morgan fingerprint density at radius 1 is 1.19 bits per heavy atom. The second kappa shape index (κ2) is 5.29. The zero-order valence-corrected chi connectivity index (χ0v) is 15.7. The minimum absolute atomic E-state index is 0.0165. The third-order valence-corrected chi connectivity index (χ3v) is 9.63. The molecule has 0 amide bonds. The smallest absolute Gasteiger partial charge is 0.164 e. The van der Waals surface area contributed by atoms with Gasteiger partial charge in [-0.3, -0.25) is 9.59 Å². The van der Waals surface area contributed by atoms with Crippen LogP contribution in [0, 0.1) is 34.0 Å². The lowest BCUT2D eigenvalue weighted by molar-refractivity contribution is -0.199. The van der Waals surface area contributed by atoms with Crippen LogP contribution in [0.2, 0.25) is 0 Å². The van der Waals surface area contributed by atoms with Gasteiger partial charge in [-0.1, -0.05) is 12.5 Å². The van der Waals surface area contributed by atoms with Crippen LogP contribution in [0.25, 0.3) is 0 Å². The Kier molecular flexibility index (Phi) is 3.48. The summed E-state index contributed by atoms with van der Waals surface area (Å²) in [6.07, 6.45) is 9.51. The van der Waals surface area contributed by atoms with Crippen molar-refractivity contribution < 1.29 is 19.8 Å². The van der Waals surface area contributed by atoms with Crippen LogP contribution in [0.5, 0.6) is 0 Å². The predicted molar refractivity (Wildman–Crippen MR) is 96.2 cm³/mol. The number of hydrogen-bond donors (Lipinski definition) is 2. The van der Waals surface area contributed by atoms with E-state index < -0.39 is 6.10 Å². The molecule has 5 rings (SSSR count). The Labute approximate surface area is 155 Å². The van der Waals surface area contributed by atoms with Gasteiger partial charge in [-0.25, -0.2) is 0 Å². The molecule has 0 radical (unpaired) electrons. The van der Waals surface area contributed by atoms with Crippen molar-refractivity contribution in [3.05, 3.63) is 11.6 Å². The van der Waals surface area contributed by atoms with Crippen LogP contribution in [-0.2, 0) is 9.59 Å². The summed E-state index contributed by atoms with van der Waals surface area (Å²) in [6, 6.07) is 0. The SMILES string of the molecule is C[C@]12CCC(=O)C=C1CC[C@@H]1C2[C@@H](O)C[C@]23CC[C@]2(C(=O)CO)CC[C@@H]13. The summed E-state index contributed by atoms with van der Waals surface area (Å²) < 4.78 is 0. The number of allylic oxidation sites excluding steroid dienone is 1. The minimum atomic E-state index is -0.401. The molecule has 0 aliphatic heterocycles. The highest BCUT2D eigenvalue weighted by molar-refractivity contribution is 5.91. The first-order valence-corrected chi connectivity index (χ1v) is 10.4. The summed E-state index contributed by atoms with van der Waals surface area (Å²) in [5.74, 6) is 1.42. The second-order valence-corrected chi connectivity index (χ2v) is 10.0. The van der Waals surface area contributed by atoms with Crippen LogP contribution >= 0.6 is 0 Å². The van der Waals surface area contributed by atoms with Gasteiger partial charge in [0.15, 0.2) is 11.6 Å². The Morgan fingerprint density at radius 3 is 2.69 bits per heavy atom. The maximum absolute atomic E-state index is 12.7. The first-order valence-electron chi connectivity index (χ1n) is 10.4. The molecule has 5 aliphatic carbocycles. The highest BCUT2D eigenvalue weighted by Crippen LogP contribution is 2.77. The topological polar surface area (TPSA) is 74.6 Å². The van der Waals surface area contributed by atoms with Gasteiger partial charge in [0.25, 0.3) is 0 Å². The molecule has 2 N–H and O–H groups in total. The molecule has 0 heterocycles. The Morgan fingerprint density at radius 2 is 2.00 bits per heavy atom. The molecule has 26 heavy (non-hydrogen) atoms. The molecular weight excluding hydrogens is 328 g/mol. The molecule has 7 atom stereocenters. The standard InChI is InChI=1S/C22H30O4/c1-20-6-4-14(24)10-13(20)2-3-15-16-5-7-21(18(26)12-23)8-9-22(16,21)11-17(25)19(15)20/h10,15-17,19,23,25H,2-9,11-12H2,1H3/t15-,16-,17-,19?,20-,21-,22-/m0/s1.